The van der Waals surface area contributed by atoms with E-state index in [1.807, 2.05) is 36.4 Å². The van der Waals surface area contributed by atoms with Crippen molar-refractivity contribution in [2.24, 2.45) is 0 Å². The summed E-state index contributed by atoms with van der Waals surface area (Å²) < 4.78 is 10.8. The van der Waals surface area contributed by atoms with E-state index in [4.69, 9.17) is 21.1 Å². The smallest absolute Gasteiger partial charge is 0.261 e. The first-order valence-electron chi connectivity index (χ1n) is 8.49. The summed E-state index contributed by atoms with van der Waals surface area (Å²) in [6.45, 7) is 1.32. The van der Waals surface area contributed by atoms with Crippen LogP contribution in [-0.4, -0.2) is 26.2 Å². The number of ether oxygens (including phenoxy) is 2. The molecule has 0 spiro atoms. The Hall–Kier alpha value is -2.81. The molecule has 2 aromatic carbocycles. The molecular formula is C21H21ClN2O3. The normalized spacial score (nSPS) is 10.9. The van der Waals surface area contributed by atoms with E-state index < -0.39 is 5.91 Å². The second-order valence-corrected chi connectivity index (χ2v) is 6.16. The maximum absolute atomic E-state index is 12.2. The van der Waals surface area contributed by atoms with Crippen LogP contribution < -0.4 is 10.1 Å². The third-order valence-corrected chi connectivity index (χ3v) is 3.91. The summed E-state index contributed by atoms with van der Waals surface area (Å²) in [7, 11) is 1.60. The van der Waals surface area contributed by atoms with Crippen LogP contribution in [0.3, 0.4) is 0 Å². The molecule has 140 valence electrons. The molecule has 0 aromatic heterocycles. The monoisotopic (exact) mass is 384 g/mol. The lowest BCUT2D eigenvalue weighted by Gasteiger charge is -2.10. The highest BCUT2D eigenvalue weighted by atomic mass is 35.5. The van der Waals surface area contributed by atoms with Gasteiger partial charge in [-0.05, 0) is 36.3 Å². The van der Waals surface area contributed by atoms with Gasteiger partial charge in [0.15, 0.2) is 0 Å². The molecule has 2 rings (SSSR count). The van der Waals surface area contributed by atoms with Crippen LogP contribution in [0.25, 0.3) is 6.08 Å². The van der Waals surface area contributed by atoms with Crippen LogP contribution in [0.1, 0.15) is 17.5 Å². The molecule has 0 unspecified atom stereocenters. The fraction of sp³-hybridized carbons (Fsp3) is 0.238. The quantitative estimate of drug-likeness (QED) is 0.403. The number of hydrogen-bond acceptors (Lipinski definition) is 4. The zero-order valence-corrected chi connectivity index (χ0v) is 15.8. The molecule has 1 N–H and O–H groups in total. The van der Waals surface area contributed by atoms with Crippen molar-refractivity contribution in [1.29, 1.82) is 5.26 Å². The Balaban J connectivity index is 2.09. The number of halogens is 1. The summed E-state index contributed by atoms with van der Waals surface area (Å²) in [5, 5.41) is 12.7. The van der Waals surface area contributed by atoms with Gasteiger partial charge in [-0.3, -0.25) is 4.79 Å². The average Bonchev–Trinajstić information content (AvgIpc) is 2.68. The van der Waals surface area contributed by atoms with Crippen molar-refractivity contribution < 1.29 is 14.3 Å². The third-order valence-electron chi connectivity index (χ3n) is 3.68. The van der Waals surface area contributed by atoms with E-state index in [2.05, 4.69) is 5.32 Å². The van der Waals surface area contributed by atoms with Crippen molar-refractivity contribution in [1.82, 2.24) is 5.32 Å². The second kappa shape index (κ2) is 11.0. The van der Waals surface area contributed by atoms with Crippen LogP contribution in [-0.2, 0) is 16.1 Å². The van der Waals surface area contributed by atoms with Gasteiger partial charge in [0, 0.05) is 30.8 Å². The molecule has 6 heteroatoms. The summed E-state index contributed by atoms with van der Waals surface area (Å²) in [5.74, 6) is 0.163. The van der Waals surface area contributed by atoms with Crippen LogP contribution >= 0.6 is 11.6 Å². The van der Waals surface area contributed by atoms with Gasteiger partial charge in [-0.25, -0.2) is 0 Å². The first-order valence-corrected chi connectivity index (χ1v) is 8.87. The van der Waals surface area contributed by atoms with Gasteiger partial charge in [0.05, 0.1) is 0 Å². The van der Waals surface area contributed by atoms with Gasteiger partial charge in [0.2, 0.25) is 0 Å². The Morgan fingerprint density at radius 3 is 2.81 bits per heavy atom. The minimum absolute atomic E-state index is 0.0197. The number of nitrogens with one attached hydrogen (secondary N) is 1. The predicted molar refractivity (Wildman–Crippen MR) is 105 cm³/mol. The number of hydrogen-bond donors (Lipinski definition) is 1. The first kappa shape index (κ1) is 20.5. The van der Waals surface area contributed by atoms with Gasteiger partial charge in [-0.2, -0.15) is 5.26 Å². The van der Waals surface area contributed by atoms with E-state index in [1.165, 1.54) is 6.08 Å². The lowest BCUT2D eigenvalue weighted by atomic mass is 10.1. The largest absolute Gasteiger partial charge is 0.488 e. The topological polar surface area (TPSA) is 71.3 Å². The summed E-state index contributed by atoms with van der Waals surface area (Å²) >= 11 is 5.99. The highest BCUT2D eigenvalue weighted by Gasteiger charge is 2.10. The molecule has 0 saturated heterocycles. The zero-order chi connectivity index (χ0) is 19.5. The zero-order valence-electron chi connectivity index (χ0n) is 15.1. The molecule has 1 amide bonds. The number of carbonyl (C=O) groups is 1. The first-order chi connectivity index (χ1) is 13.1. The van der Waals surface area contributed by atoms with Crippen molar-refractivity contribution >= 4 is 23.6 Å². The Bertz CT molecular complexity index is 843. The number of rotatable bonds is 9. The Kier molecular flexibility index (Phi) is 8.37. The highest BCUT2D eigenvalue weighted by Crippen LogP contribution is 2.22. The van der Waals surface area contributed by atoms with Crippen LogP contribution in [0.2, 0.25) is 5.02 Å². The lowest BCUT2D eigenvalue weighted by Crippen LogP contribution is -2.26. The molecule has 2 aromatic rings. The molecule has 0 aliphatic heterocycles. The molecule has 0 heterocycles. The molecule has 0 radical (unpaired) electrons. The van der Waals surface area contributed by atoms with Gasteiger partial charge in [-0.1, -0.05) is 41.9 Å². The van der Waals surface area contributed by atoms with Gasteiger partial charge in [0.1, 0.15) is 24.0 Å². The highest BCUT2D eigenvalue weighted by molar-refractivity contribution is 6.30. The lowest BCUT2D eigenvalue weighted by molar-refractivity contribution is -0.117. The number of methoxy groups -OCH3 is 1. The summed E-state index contributed by atoms with van der Waals surface area (Å²) in [4.78, 5) is 12.2. The second-order valence-electron chi connectivity index (χ2n) is 5.73. The minimum Gasteiger partial charge on any atom is -0.488 e. The number of nitriles is 1. The molecule has 0 bridgehead atoms. The van der Waals surface area contributed by atoms with Crippen molar-refractivity contribution in [3.8, 4) is 11.8 Å². The van der Waals surface area contributed by atoms with E-state index in [9.17, 15) is 10.1 Å². The fourth-order valence-corrected chi connectivity index (χ4v) is 2.55. The minimum atomic E-state index is -0.418. The predicted octanol–water partition coefficient (Wildman–Crippen LogP) is 3.98. The Labute approximate surface area is 164 Å². The van der Waals surface area contributed by atoms with Crippen molar-refractivity contribution in [3.63, 3.8) is 0 Å². The summed E-state index contributed by atoms with van der Waals surface area (Å²) in [6, 6.07) is 16.6. The number of amides is 1. The van der Waals surface area contributed by atoms with Crippen LogP contribution in [0, 0.1) is 11.3 Å². The number of carbonyl (C=O) groups excluding carboxylic acids is 1. The SMILES string of the molecule is COCCCNC(=O)/C(C#N)=C/c1ccccc1OCc1cccc(Cl)c1. The van der Waals surface area contributed by atoms with E-state index in [-0.39, 0.29) is 5.57 Å². The maximum atomic E-state index is 12.2. The van der Waals surface area contributed by atoms with Gasteiger partial charge in [0.25, 0.3) is 5.91 Å². The molecule has 0 atom stereocenters. The fourth-order valence-electron chi connectivity index (χ4n) is 2.34. The molecule has 0 aliphatic carbocycles. The molecule has 0 fully saturated rings. The number of benzene rings is 2. The van der Waals surface area contributed by atoms with Crippen LogP contribution in [0.5, 0.6) is 5.75 Å². The standard InChI is InChI=1S/C21H21ClN2O3/c1-26-11-5-10-24-21(25)18(14-23)13-17-7-2-3-9-20(17)27-15-16-6-4-8-19(22)12-16/h2-4,6-9,12-13H,5,10-11,15H2,1H3,(H,24,25)/b18-13+. The van der Waals surface area contributed by atoms with Crippen LogP contribution in [0.4, 0.5) is 0 Å². The van der Waals surface area contributed by atoms with Gasteiger partial charge >= 0.3 is 0 Å². The van der Waals surface area contributed by atoms with Gasteiger partial charge in [-0.15, -0.1) is 0 Å². The van der Waals surface area contributed by atoms with Crippen molar-refractivity contribution in [2.45, 2.75) is 13.0 Å². The molecule has 0 saturated carbocycles. The Morgan fingerprint density at radius 2 is 2.07 bits per heavy atom. The number of para-hydroxylation sites is 1. The summed E-state index contributed by atoms with van der Waals surface area (Å²) in [5.41, 5.74) is 1.60. The third kappa shape index (κ3) is 6.78. The molecule has 5 nitrogen and oxygen atoms in total. The molecule has 27 heavy (non-hydrogen) atoms. The molecular weight excluding hydrogens is 364 g/mol. The van der Waals surface area contributed by atoms with E-state index in [0.29, 0.717) is 42.5 Å². The summed E-state index contributed by atoms with van der Waals surface area (Å²) in [6.07, 6.45) is 2.21. The van der Waals surface area contributed by atoms with E-state index in [0.717, 1.165) is 5.56 Å². The molecule has 0 aliphatic rings. The number of nitrogens with zero attached hydrogens (tertiary/aromatic N) is 1. The van der Waals surface area contributed by atoms with Crippen molar-refractivity contribution in [2.75, 3.05) is 20.3 Å². The van der Waals surface area contributed by atoms with Crippen molar-refractivity contribution in [3.05, 3.63) is 70.3 Å². The van der Waals surface area contributed by atoms with E-state index in [1.54, 1.807) is 25.3 Å². The van der Waals surface area contributed by atoms with E-state index >= 15 is 0 Å². The Morgan fingerprint density at radius 1 is 1.26 bits per heavy atom. The van der Waals surface area contributed by atoms with Crippen LogP contribution in [0.15, 0.2) is 54.1 Å². The van der Waals surface area contributed by atoms with Gasteiger partial charge < -0.3 is 14.8 Å². The average molecular weight is 385 g/mol. The maximum Gasteiger partial charge on any atom is 0.261 e.